The van der Waals surface area contributed by atoms with Crippen molar-refractivity contribution in [2.24, 2.45) is 0 Å². The van der Waals surface area contributed by atoms with Gasteiger partial charge < -0.3 is 4.74 Å². The maximum absolute atomic E-state index is 12.0. The summed E-state index contributed by atoms with van der Waals surface area (Å²) in [6, 6.07) is 0. The molecule has 0 amide bonds. The van der Waals surface area contributed by atoms with Gasteiger partial charge in [0.05, 0.1) is 6.61 Å². The zero-order chi connectivity index (χ0) is 34.0. The summed E-state index contributed by atoms with van der Waals surface area (Å²) in [7, 11) is 0. The van der Waals surface area contributed by atoms with Gasteiger partial charge in [-0.05, 0) is 12.8 Å². The third-order valence-electron chi connectivity index (χ3n) is 10.5. The van der Waals surface area contributed by atoms with Crippen LogP contribution in [0.15, 0.2) is 0 Å². The van der Waals surface area contributed by atoms with Crippen LogP contribution in [0.4, 0.5) is 0 Å². The molecule has 2 heteroatoms. The van der Waals surface area contributed by atoms with Crippen LogP contribution < -0.4 is 0 Å². The van der Waals surface area contributed by atoms with Crippen LogP contribution in [-0.4, -0.2) is 12.6 Å². The van der Waals surface area contributed by atoms with Crippen molar-refractivity contribution >= 4 is 5.97 Å². The maximum atomic E-state index is 12.0. The van der Waals surface area contributed by atoms with Gasteiger partial charge in [-0.1, -0.05) is 258 Å². The fraction of sp³-hybridized carbons (Fsp3) is 0.978. The Labute approximate surface area is 298 Å². The molecule has 0 aromatic carbocycles. The Morgan fingerprint density at radius 2 is 0.468 bits per heavy atom. The van der Waals surface area contributed by atoms with Gasteiger partial charge in [0.15, 0.2) is 0 Å². The lowest BCUT2D eigenvalue weighted by atomic mass is 10.0. The predicted octanol–water partition coefficient (Wildman–Crippen LogP) is 16.6. The van der Waals surface area contributed by atoms with E-state index in [0.717, 1.165) is 12.8 Å². The van der Waals surface area contributed by atoms with E-state index >= 15 is 0 Å². The first kappa shape index (κ1) is 46.5. The summed E-state index contributed by atoms with van der Waals surface area (Å²) in [6.07, 6.45) is 56.4. The van der Waals surface area contributed by atoms with Crippen molar-refractivity contribution in [1.29, 1.82) is 0 Å². The molecule has 0 saturated heterocycles. The van der Waals surface area contributed by atoms with Gasteiger partial charge in [-0.3, -0.25) is 4.79 Å². The number of unbranched alkanes of at least 4 members (excludes halogenated alkanes) is 38. The molecule has 0 N–H and O–H groups in total. The van der Waals surface area contributed by atoms with Crippen LogP contribution in [0.3, 0.4) is 0 Å². The summed E-state index contributed by atoms with van der Waals surface area (Å²) in [5, 5.41) is 0. The van der Waals surface area contributed by atoms with Crippen LogP contribution in [0.5, 0.6) is 0 Å². The lowest BCUT2D eigenvalue weighted by Gasteiger charge is -2.06. The Morgan fingerprint density at radius 1 is 0.277 bits per heavy atom. The molecule has 0 aromatic rings. The van der Waals surface area contributed by atoms with Crippen molar-refractivity contribution in [3.63, 3.8) is 0 Å². The van der Waals surface area contributed by atoms with E-state index in [0.29, 0.717) is 13.0 Å². The summed E-state index contributed by atoms with van der Waals surface area (Å²) in [5.41, 5.74) is 0. The number of rotatable bonds is 42. The zero-order valence-electron chi connectivity index (χ0n) is 33.0. The lowest BCUT2D eigenvalue weighted by molar-refractivity contribution is -0.143. The highest BCUT2D eigenvalue weighted by molar-refractivity contribution is 5.69. The molecule has 0 bridgehead atoms. The zero-order valence-corrected chi connectivity index (χ0v) is 33.0. The van der Waals surface area contributed by atoms with E-state index < -0.39 is 0 Å². The van der Waals surface area contributed by atoms with Crippen molar-refractivity contribution in [3.8, 4) is 0 Å². The molecule has 0 spiro atoms. The van der Waals surface area contributed by atoms with E-state index in [1.807, 2.05) is 0 Å². The van der Waals surface area contributed by atoms with Crippen molar-refractivity contribution in [3.05, 3.63) is 0 Å². The molecular formula is C45H90O2. The van der Waals surface area contributed by atoms with Gasteiger partial charge in [0.25, 0.3) is 0 Å². The molecule has 0 atom stereocenters. The maximum Gasteiger partial charge on any atom is 0.305 e. The topological polar surface area (TPSA) is 26.3 Å². The quantitative estimate of drug-likeness (QED) is 0.0480. The van der Waals surface area contributed by atoms with Crippen LogP contribution in [0.1, 0.15) is 277 Å². The second-order valence-corrected chi connectivity index (χ2v) is 15.4. The van der Waals surface area contributed by atoms with Gasteiger partial charge in [-0.2, -0.15) is 0 Å². The molecule has 0 aliphatic heterocycles. The monoisotopic (exact) mass is 663 g/mol. The average Bonchev–Trinajstić information content (AvgIpc) is 3.08. The minimum atomic E-state index is 0.0322. The molecule has 0 aliphatic carbocycles. The minimum absolute atomic E-state index is 0.0322. The lowest BCUT2D eigenvalue weighted by Crippen LogP contribution is -2.05. The number of carbonyl (C=O) groups is 1. The van der Waals surface area contributed by atoms with Crippen LogP contribution in [0.2, 0.25) is 0 Å². The van der Waals surface area contributed by atoms with Crippen LogP contribution >= 0.6 is 0 Å². The van der Waals surface area contributed by atoms with Crippen LogP contribution in [0.25, 0.3) is 0 Å². The summed E-state index contributed by atoms with van der Waals surface area (Å²) in [4.78, 5) is 12.0. The molecule has 282 valence electrons. The Bertz CT molecular complexity index is 558. The second-order valence-electron chi connectivity index (χ2n) is 15.4. The first-order valence-corrected chi connectivity index (χ1v) is 22.5. The predicted molar refractivity (Wildman–Crippen MR) is 212 cm³/mol. The molecule has 0 radical (unpaired) electrons. The SMILES string of the molecule is CCCCCCCCCCCCCCCCCCCCCCCCCCC(=O)OCCCCCCCCCCCCCCCCCC. The van der Waals surface area contributed by atoms with Gasteiger partial charge in [-0.25, -0.2) is 0 Å². The highest BCUT2D eigenvalue weighted by Gasteiger charge is 2.03. The molecule has 47 heavy (non-hydrogen) atoms. The third kappa shape index (κ3) is 43.4. The number of carbonyl (C=O) groups excluding carboxylic acids is 1. The Morgan fingerprint density at radius 3 is 0.702 bits per heavy atom. The molecule has 0 aromatic heterocycles. The standard InChI is InChI=1S/C45H90O2/c1-3-5-7-9-11-13-15-17-19-21-22-23-24-25-26-27-28-29-31-33-35-37-39-41-43-45(46)47-44-42-40-38-36-34-32-30-20-18-16-14-12-10-8-6-4-2/h3-44H2,1-2H3. The minimum Gasteiger partial charge on any atom is -0.466 e. The molecule has 0 heterocycles. The molecule has 0 aliphatic rings. The molecule has 2 nitrogen and oxygen atoms in total. The van der Waals surface area contributed by atoms with E-state index in [2.05, 4.69) is 13.8 Å². The van der Waals surface area contributed by atoms with Gasteiger partial charge in [-0.15, -0.1) is 0 Å². The smallest absolute Gasteiger partial charge is 0.305 e. The van der Waals surface area contributed by atoms with Crippen molar-refractivity contribution in [2.45, 2.75) is 277 Å². The van der Waals surface area contributed by atoms with E-state index in [1.54, 1.807) is 0 Å². The normalized spacial score (nSPS) is 11.4. The van der Waals surface area contributed by atoms with E-state index in [9.17, 15) is 4.79 Å². The fourth-order valence-corrected chi connectivity index (χ4v) is 7.14. The summed E-state index contributed by atoms with van der Waals surface area (Å²) >= 11 is 0. The number of esters is 1. The van der Waals surface area contributed by atoms with Gasteiger partial charge in [0, 0.05) is 6.42 Å². The Hall–Kier alpha value is -0.530. The summed E-state index contributed by atoms with van der Waals surface area (Å²) in [6.45, 7) is 5.23. The third-order valence-corrected chi connectivity index (χ3v) is 10.5. The first-order chi connectivity index (χ1) is 23.3. The molecule has 0 fully saturated rings. The largest absolute Gasteiger partial charge is 0.466 e. The summed E-state index contributed by atoms with van der Waals surface area (Å²) in [5.74, 6) is 0.0322. The first-order valence-electron chi connectivity index (χ1n) is 22.5. The fourth-order valence-electron chi connectivity index (χ4n) is 7.14. The molecule has 0 unspecified atom stereocenters. The highest BCUT2D eigenvalue weighted by atomic mass is 16.5. The number of ether oxygens (including phenoxy) is 1. The van der Waals surface area contributed by atoms with E-state index in [1.165, 1.54) is 244 Å². The number of hydrogen-bond donors (Lipinski definition) is 0. The van der Waals surface area contributed by atoms with Crippen molar-refractivity contribution < 1.29 is 9.53 Å². The summed E-state index contributed by atoms with van der Waals surface area (Å²) < 4.78 is 5.47. The molecule has 0 saturated carbocycles. The van der Waals surface area contributed by atoms with Crippen LogP contribution in [0, 0.1) is 0 Å². The van der Waals surface area contributed by atoms with Crippen molar-refractivity contribution in [1.82, 2.24) is 0 Å². The van der Waals surface area contributed by atoms with Gasteiger partial charge in [0.2, 0.25) is 0 Å². The Balaban J connectivity index is 3.14. The second kappa shape index (κ2) is 43.5. The molecule has 0 rings (SSSR count). The molecular weight excluding hydrogens is 572 g/mol. The van der Waals surface area contributed by atoms with Crippen molar-refractivity contribution in [2.75, 3.05) is 6.61 Å². The van der Waals surface area contributed by atoms with Crippen LogP contribution in [-0.2, 0) is 9.53 Å². The Kier molecular flexibility index (Phi) is 43.0. The highest BCUT2D eigenvalue weighted by Crippen LogP contribution is 2.17. The van der Waals surface area contributed by atoms with E-state index in [4.69, 9.17) is 4.74 Å². The number of hydrogen-bond acceptors (Lipinski definition) is 2. The van der Waals surface area contributed by atoms with E-state index in [-0.39, 0.29) is 5.97 Å². The van der Waals surface area contributed by atoms with Gasteiger partial charge >= 0.3 is 5.97 Å². The average molecular weight is 663 g/mol. The van der Waals surface area contributed by atoms with Gasteiger partial charge in [0.1, 0.15) is 0 Å².